The first-order chi connectivity index (χ1) is 8.00. The van der Waals surface area contributed by atoms with Crippen LogP contribution in [0.5, 0.6) is 0 Å². The SMILES string of the molecule is CC[n+]1ccc(-c2ccc(S(=O)(=O)O)cc2)o1. The average Bonchev–Trinajstić information content (AvgIpc) is 2.76. The van der Waals surface area contributed by atoms with Gasteiger partial charge in [0.15, 0.2) is 6.54 Å². The number of hydrogen-bond acceptors (Lipinski definition) is 3. The number of rotatable bonds is 3. The van der Waals surface area contributed by atoms with E-state index in [1.165, 1.54) is 12.1 Å². The van der Waals surface area contributed by atoms with Gasteiger partial charge >= 0.3 is 0 Å². The minimum absolute atomic E-state index is 0.129. The van der Waals surface area contributed by atoms with Gasteiger partial charge in [0.1, 0.15) is 0 Å². The summed E-state index contributed by atoms with van der Waals surface area (Å²) in [5, 5.41) is 0. The maximum Gasteiger partial charge on any atom is 0.294 e. The molecular weight excluding hydrogens is 242 g/mol. The fourth-order valence-corrected chi connectivity index (χ4v) is 1.93. The highest BCUT2D eigenvalue weighted by atomic mass is 32.2. The summed E-state index contributed by atoms with van der Waals surface area (Å²) >= 11 is 0. The Morgan fingerprint density at radius 2 is 1.88 bits per heavy atom. The van der Waals surface area contributed by atoms with Crippen LogP contribution >= 0.6 is 0 Å². The van der Waals surface area contributed by atoms with E-state index in [0.29, 0.717) is 5.76 Å². The van der Waals surface area contributed by atoms with Crippen LogP contribution in [0, 0.1) is 0 Å². The fraction of sp³-hybridized carbons (Fsp3) is 0.182. The molecule has 2 rings (SSSR count). The third-order valence-electron chi connectivity index (χ3n) is 2.36. The van der Waals surface area contributed by atoms with Gasteiger partial charge in [-0.15, -0.1) is 0 Å². The molecule has 0 aliphatic carbocycles. The Balaban J connectivity index is 2.35. The average molecular weight is 254 g/mol. The molecule has 0 amide bonds. The molecule has 5 nitrogen and oxygen atoms in total. The Morgan fingerprint density at radius 1 is 1.24 bits per heavy atom. The van der Waals surface area contributed by atoms with Crippen molar-refractivity contribution in [2.24, 2.45) is 0 Å². The zero-order chi connectivity index (χ0) is 12.5. The van der Waals surface area contributed by atoms with Gasteiger partial charge in [0.25, 0.3) is 10.1 Å². The molecule has 0 saturated heterocycles. The summed E-state index contributed by atoms with van der Waals surface area (Å²) in [6, 6.07) is 7.64. The van der Waals surface area contributed by atoms with E-state index < -0.39 is 10.1 Å². The van der Waals surface area contributed by atoms with Crippen molar-refractivity contribution in [2.45, 2.75) is 18.4 Å². The molecule has 0 aliphatic heterocycles. The van der Waals surface area contributed by atoms with Crippen molar-refractivity contribution >= 4 is 10.1 Å². The van der Waals surface area contributed by atoms with Crippen molar-refractivity contribution in [2.75, 3.05) is 0 Å². The zero-order valence-corrected chi connectivity index (χ0v) is 10.0. The lowest BCUT2D eigenvalue weighted by molar-refractivity contribution is -0.860. The Bertz CT molecular complexity index is 613. The Hall–Kier alpha value is -1.66. The van der Waals surface area contributed by atoms with Crippen LogP contribution in [0.4, 0.5) is 0 Å². The molecule has 0 radical (unpaired) electrons. The molecule has 1 N–H and O–H groups in total. The lowest BCUT2D eigenvalue weighted by Gasteiger charge is -1.97. The highest BCUT2D eigenvalue weighted by molar-refractivity contribution is 7.85. The molecule has 0 fully saturated rings. The van der Waals surface area contributed by atoms with Crippen LogP contribution < -0.4 is 4.74 Å². The molecule has 0 aliphatic rings. The van der Waals surface area contributed by atoms with E-state index in [-0.39, 0.29) is 4.90 Å². The molecular formula is C11H12NO4S+. The summed E-state index contributed by atoms with van der Waals surface area (Å²) in [5.74, 6) is 0.647. The topological polar surface area (TPSA) is 71.4 Å². The van der Waals surface area contributed by atoms with Crippen molar-refractivity contribution in [3.05, 3.63) is 36.5 Å². The number of nitrogens with zero attached hydrogens (tertiary/aromatic N) is 1. The van der Waals surface area contributed by atoms with E-state index in [0.717, 1.165) is 12.1 Å². The highest BCUT2D eigenvalue weighted by Gasteiger charge is 2.12. The number of aryl methyl sites for hydroxylation is 1. The molecule has 90 valence electrons. The first-order valence-corrected chi connectivity index (χ1v) is 6.52. The molecule has 0 unspecified atom stereocenters. The van der Waals surface area contributed by atoms with Gasteiger partial charge in [-0.25, -0.2) is 4.52 Å². The third kappa shape index (κ3) is 2.54. The zero-order valence-electron chi connectivity index (χ0n) is 9.20. The number of benzene rings is 1. The van der Waals surface area contributed by atoms with Gasteiger partial charge < -0.3 is 0 Å². The summed E-state index contributed by atoms with van der Waals surface area (Å²) in [7, 11) is -4.14. The standard InChI is InChI=1S/C11H11NO4S/c1-2-12-8-7-11(16-12)9-3-5-10(6-4-9)17(13,14)15/h3-8H,2H2,1H3/p+1. The van der Waals surface area contributed by atoms with E-state index in [1.807, 2.05) is 6.92 Å². The van der Waals surface area contributed by atoms with Gasteiger partial charge in [-0.2, -0.15) is 8.42 Å². The van der Waals surface area contributed by atoms with Crippen LogP contribution in [-0.2, 0) is 16.7 Å². The second-order valence-corrected chi connectivity index (χ2v) is 4.93. The molecule has 1 heterocycles. The molecule has 0 saturated carbocycles. The van der Waals surface area contributed by atoms with Crippen LogP contribution in [-0.4, -0.2) is 13.0 Å². The first kappa shape index (κ1) is 11.8. The normalized spacial score (nSPS) is 11.6. The van der Waals surface area contributed by atoms with Gasteiger partial charge in [0, 0.05) is 5.56 Å². The quantitative estimate of drug-likeness (QED) is 0.665. The Labute approximate surface area is 99.0 Å². The lowest BCUT2D eigenvalue weighted by Crippen LogP contribution is -2.27. The summed E-state index contributed by atoms with van der Waals surface area (Å²) in [5.41, 5.74) is 0.754. The smallest absolute Gasteiger partial charge is 0.282 e. The molecule has 6 heteroatoms. The van der Waals surface area contributed by atoms with Crippen LogP contribution in [0.25, 0.3) is 11.3 Å². The van der Waals surface area contributed by atoms with E-state index in [4.69, 9.17) is 9.08 Å². The molecule has 0 bridgehead atoms. The lowest BCUT2D eigenvalue weighted by atomic mass is 10.2. The van der Waals surface area contributed by atoms with Gasteiger partial charge in [0.2, 0.25) is 12.0 Å². The summed E-state index contributed by atoms with van der Waals surface area (Å²) in [4.78, 5) is -0.129. The molecule has 1 aromatic heterocycles. The number of hydrogen-bond donors (Lipinski definition) is 1. The van der Waals surface area contributed by atoms with Crippen LogP contribution in [0.1, 0.15) is 6.92 Å². The Morgan fingerprint density at radius 3 is 2.35 bits per heavy atom. The first-order valence-electron chi connectivity index (χ1n) is 5.08. The summed E-state index contributed by atoms with van der Waals surface area (Å²) < 4.78 is 37.7. The summed E-state index contributed by atoms with van der Waals surface area (Å²) in [6.45, 7) is 2.68. The third-order valence-corrected chi connectivity index (χ3v) is 3.22. The molecule has 17 heavy (non-hydrogen) atoms. The molecule has 0 spiro atoms. The van der Waals surface area contributed by atoms with E-state index in [9.17, 15) is 8.42 Å². The monoisotopic (exact) mass is 254 g/mol. The predicted molar refractivity (Wildman–Crippen MR) is 59.8 cm³/mol. The van der Waals surface area contributed by atoms with E-state index in [2.05, 4.69) is 0 Å². The van der Waals surface area contributed by atoms with Gasteiger partial charge in [-0.05, 0) is 35.9 Å². The maximum absolute atomic E-state index is 10.9. The van der Waals surface area contributed by atoms with Crippen LogP contribution in [0.3, 0.4) is 0 Å². The summed E-state index contributed by atoms with van der Waals surface area (Å²) in [6.07, 6.45) is 1.80. The molecule has 2 aromatic rings. The van der Waals surface area contributed by atoms with Crippen LogP contribution in [0.15, 0.2) is 45.9 Å². The van der Waals surface area contributed by atoms with Gasteiger partial charge in [-0.3, -0.25) is 4.55 Å². The highest BCUT2D eigenvalue weighted by Crippen LogP contribution is 2.20. The minimum atomic E-state index is -4.14. The van der Waals surface area contributed by atoms with Crippen molar-refractivity contribution in [3.8, 4) is 11.3 Å². The van der Waals surface area contributed by atoms with Crippen LogP contribution in [0.2, 0.25) is 0 Å². The number of aromatic nitrogens is 1. The second-order valence-electron chi connectivity index (χ2n) is 3.50. The van der Waals surface area contributed by atoms with Gasteiger partial charge in [0.05, 0.1) is 11.0 Å². The predicted octanol–water partition coefficient (Wildman–Crippen LogP) is 1.50. The maximum atomic E-state index is 10.9. The van der Waals surface area contributed by atoms with Crippen molar-refractivity contribution in [1.29, 1.82) is 0 Å². The second kappa shape index (κ2) is 4.31. The van der Waals surface area contributed by atoms with Crippen molar-refractivity contribution in [1.82, 2.24) is 0 Å². The molecule has 1 aromatic carbocycles. The fourth-order valence-electron chi connectivity index (χ4n) is 1.45. The largest absolute Gasteiger partial charge is 0.294 e. The van der Waals surface area contributed by atoms with E-state index in [1.54, 1.807) is 29.1 Å². The Kier molecular flexibility index (Phi) is 2.99. The minimum Gasteiger partial charge on any atom is -0.282 e. The van der Waals surface area contributed by atoms with Gasteiger partial charge in [-0.1, -0.05) is 0 Å². The molecule has 0 atom stereocenters. The van der Waals surface area contributed by atoms with E-state index >= 15 is 0 Å². The van der Waals surface area contributed by atoms with Crippen molar-refractivity contribution in [3.63, 3.8) is 0 Å². The van der Waals surface area contributed by atoms with Crippen molar-refractivity contribution < 1.29 is 22.2 Å².